The van der Waals surface area contributed by atoms with Crippen LogP contribution < -0.4 is 0 Å². The van der Waals surface area contributed by atoms with Gasteiger partial charge < -0.3 is 4.57 Å². The molecule has 0 saturated heterocycles. The van der Waals surface area contributed by atoms with Gasteiger partial charge in [0.1, 0.15) is 21.4 Å². The standard InChI is InChI=1S/C24H18N6S/c1-5-13-25-17(9-1)21-27-23(19-11-3-7-15-29(19)21)31-24-20-12-4-8-16-30(20)22(28-24)18-10-2-6-14-26-18/h1-3,5-11,13-16H,4,12H2. The van der Waals surface area contributed by atoms with Crippen molar-refractivity contribution < 1.29 is 0 Å². The number of rotatable bonds is 4. The highest BCUT2D eigenvalue weighted by Crippen LogP contribution is 2.37. The molecule has 0 saturated carbocycles. The summed E-state index contributed by atoms with van der Waals surface area (Å²) in [7, 11) is 0. The van der Waals surface area contributed by atoms with Gasteiger partial charge in [0.15, 0.2) is 11.6 Å². The van der Waals surface area contributed by atoms with E-state index in [1.54, 1.807) is 24.2 Å². The molecule has 0 radical (unpaired) electrons. The molecule has 0 spiro atoms. The van der Waals surface area contributed by atoms with E-state index in [1.807, 2.05) is 54.7 Å². The van der Waals surface area contributed by atoms with Crippen molar-refractivity contribution in [1.29, 1.82) is 0 Å². The normalized spacial score (nSPS) is 12.9. The Labute approximate surface area is 183 Å². The van der Waals surface area contributed by atoms with Gasteiger partial charge in [-0.15, -0.1) is 0 Å². The van der Waals surface area contributed by atoms with Crippen LogP contribution in [0.3, 0.4) is 0 Å². The van der Waals surface area contributed by atoms with E-state index in [4.69, 9.17) is 9.97 Å². The van der Waals surface area contributed by atoms with Crippen LogP contribution in [0.1, 0.15) is 12.1 Å². The maximum Gasteiger partial charge on any atom is 0.164 e. The number of aromatic nitrogens is 6. The Morgan fingerprint density at radius 3 is 2.29 bits per heavy atom. The first-order chi connectivity index (χ1) is 15.4. The average molecular weight is 423 g/mol. The quantitative estimate of drug-likeness (QED) is 0.397. The van der Waals surface area contributed by atoms with E-state index >= 15 is 0 Å². The van der Waals surface area contributed by atoms with E-state index in [2.05, 4.69) is 37.3 Å². The first kappa shape index (κ1) is 18.1. The number of fused-ring (bicyclic) bond motifs is 2. The lowest BCUT2D eigenvalue weighted by Crippen LogP contribution is -2.02. The van der Waals surface area contributed by atoms with Gasteiger partial charge in [-0.25, -0.2) is 9.97 Å². The van der Waals surface area contributed by atoms with Crippen LogP contribution in [0.15, 0.2) is 89.3 Å². The molecule has 1 aliphatic heterocycles. The fourth-order valence-corrected chi connectivity index (χ4v) is 4.88. The molecule has 6 rings (SSSR count). The summed E-state index contributed by atoms with van der Waals surface area (Å²) in [5, 5.41) is 1.89. The molecule has 5 aromatic rings. The molecular weight excluding hydrogens is 404 g/mol. The third-order valence-electron chi connectivity index (χ3n) is 5.27. The van der Waals surface area contributed by atoms with Gasteiger partial charge in [0, 0.05) is 24.8 Å². The van der Waals surface area contributed by atoms with E-state index in [1.165, 1.54) is 5.69 Å². The fraction of sp³-hybridized carbons (Fsp3) is 0.0833. The minimum Gasteiger partial charge on any atom is -0.301 e. The predicted octanol–water partition coefficient (Wildman–Crippen LogP) is 5.22. The monoisotopic (exact) mass is 422 g/mol. The minimum atomic E-state index is 0.830. The van der Waals surface area contributed by atoms with Gasteiger partial charge in [-0.3, -0.25) is 14.4 Å². The summed E-state index contributed by atoms with van der Waals surface area (Å²) in [6.45, 7) is 0. The Bertz CT molecular complexity index is 1400. The summed E-state index contributed by atoms with van der Waals surface area (Å²) in [5.41, 5.74) is 3.95. The van der Waals surface area contributed by atoms with Crippen LogP contribution in [0.25, 0.3) is 34.8 Å². The maximum absolute atomic E-state index is 4.99. The molecule has 6 nitrogen and oxygen atoms in total. The second-order valence-corrected chi connectivity index (χ2v) is 8.19. The highest BCUT2D eigenvalue weighted by Gasteiger charge is 2.22. The summed E-state index contributed by atoms with van der Waals surface area (Å²) in [5.74, 6) is 1.69. The molecule has 5 aromatic heterocycles. The topological polar surface area (TPSA) is 60.9 Å². The predicted molar refractivity (Wildman–Crippen MR) is 122 cm³/mol. The van der Waals surface area contributed by atoms with Crippen LogP contribution in [0.4, 0.5) is 0 Å². The van der Waals surface area contributed by atoms with Gasteiger partial charge in [0.25, 0.3) is 0 Å². The Morgan fingerprint density at radius 1 is 0.774 bits per heavy atom. The molecule has 0 atom stereocenters. The summed E-state index contributed by atoms with van der Waals surface area (Å²) in [4.78, 5) is 19.0. The summed E-state index contributed by atoms with van der Waals surface area (Å²) < 4.78 is 4.25. The van der Waals surface area contributed by atoms with Crippen molar-refractivity contribution in [1.82, 2.24) is 28.9 Å². The van der Waals surface area contributed by atoms with Crippen molar-refractivity contribution >= 4 is 23.5 Å². The van der Waals surface area contributed by atoms with Gasteiger partial charge >= 0.3 is 0 Å². The molecule has 0 bridgehead atoms. The summed E-state index contributed by atoms with van der Waals surface area (Å²) >= 11 is 1.61. The molecule has 6 heterocycles. The van der Waals surface area contributed by atoms with Crippen molar-refractivity contribution in [2.75, 3.05) is 0 Å². The van der Waals surface area contributed by atoms with Crippen molar-refractivity contribution in [3.63, 3.8) is 0 Å². The molecule has 0 N–H and O–H groups in total. The summed E-state index contributed by atoms with van der Waals surface area (Å²) in [6.07, 6.45) is 11.9. The molecule has 0 fully saturated rings. The smallest absolute Gasteiger partial charge is 0.164 e. The lowest BCUT2D eigenvalue weighted by molar-refractivity contribution is 0.855. The van der Waals surface area contributed by atoms with Crippen LogP contribution >= 0.6 is 11.8 Å². The van der Waals surface area contributed by atoms with Gasteiger partial charge in [-0.05, 0) is 61.0 Å². The molecule has 0 unspecified atom stereocenters. The highest BCUT2D eigenvalue weighted by molar-refractivity contribution is 7.99. The molecule has 31 heavy (non-hydrogen) atoms. The van der Waals surface area contributed by atoms with E-state index in [0.717, 1.165) is 51.4 Å². The molecular formula is C24H18N6S. The Balaban J connectivity index is 1.48. The third-order valence-corrected chi connectivity index (χ3v) is 6.29. The number of allylic oxidation sites excluding steroid dienone is 1. The Kier molecular flexibility index (Phi) is 4.39. The number of imidazole rings is 2. The zero-order valence-electron chi connectivity index (χ0n) is 16.6. The van der Waals surface area contributed by atoms with Crippen LogP contribution in [-0.2, 0) is 6.42 Å². The van der Waals surface area contributed by atoms with E-state index < -0.39 is 0 Å². The Hall–Kier alpha value is -3.71. The van der Waals surface area contributed by atoms with E-state index in [9.17, 15) is 0 Å². The SMILES string of the molecule is C1=Cn2c(-c3ccccn3)nc(Sc3nc(-c4ccccn4)n4ccccc34)c2CC1. The lowest BCUT2D eigenvalue weighted by Gasteiger charge is -2.11. The van der Waals surface area contributed by atoms with Crippen molar-refractivity contribution in [2.24, 2.45) is 0 Å². The first-order valence-electron chi connectivity index (χ1n) is 10.1. The van der Waals surface area contributed by atoms with E-state index in [0.29, 0.717) is 0 Å². The van der Waals surface area contributed by atoms with Crippen molar-refractivity contribution in [3.8, 4) is 23.0 Å². The second-order valence-electron chi connectivity index (χ2n) is 7.21. The molecule has 0 amide bonds. The van der Waals surface area contributed by atoms with Crippen LogP contribution in [0.5, 0.6) is 0 Å². The Morgan fingerprint density at radius 2 is 1.52 bits per heavy atom. The van der Waals surface area contributed by atoms with Gasteiger partial charge in [-0.1, -0.05) is 24.3 Å². The molecule has 0 aromatic carbocycles. The van der Waals surface area contributed by atoms with Gasteiger partial charge in [0.2, 0.25) is 0 Å². The van der Waals surface area contributed by atoms with Gasteiger partial charge in [-0.2, -0.15) is 0 Å². The van der Waals surface area contributed by atoms with Crippen LogP contribution in [0, 0.1) is 0 Å². The molecule has 150 valence electrons. The van der Waals surface area contributed by atoms with Gasteiger partial charge in [0.05, 0.1) is 11.2 Å². The number of nitrogens with zero attached hydrogens (tertiary/aromatic N) is 6. The number of pyridine rings is 3. The van der Waals surface area contributed by atoms with Crippen LogP contribution in [-0.4, -0.2) is 28.9 Å². The molecule has 1 aliphatic rings. The van der Waals surface area contributed by atoms with Crippen molar-refractivity contribution in [3.05, 3.63) is 85.0 Å². The number of hydrogen-bond acceptors (Lipinski definition) is 5. The lowest BCUT2D eigenvalue weighted by atomic mass is 10.2. The highest BCUT2D eigenvalue weighted by atomic mass is 32.2. The average Bonchev–Trinajstić information content (AvgIpc) is 3.40. The maximum atomic E-state index is 4.99. The zero-order valence-corrected chi connectivity index (χ0v) is 17.4. The van der Waals surface area contributed by atoms with Crippen LogP contribution in [0.2, 0.25) is 0 Å². The largest absolute Gasteiger partial charge is 0.301 e. The fourth-order valence-electron chi connectivity index (χ4n) is 3.84. The molecule has 7 heteroatoms. The molecule has 0 aliphatic carbocycles. The second kappa shape index (κ2) is 7.52. The van der Waals surface area contributed by atoms with E-state index in [-0.39, 0.29) is 0 Å². The number of hydrogen-bond donors (Lipinski definition) is 0. The van der Waals surface area contributed by atoms with Crippen molar-refractivity contribution in [2.45, 2.75) is 22.9 Å². The third kappa shape index (κ3) is 3.14. The summed E-state index contributed by atoms with van der Waals surface area (Å²) in [6, 6.07) is 17.9. The zero-order chi connectivity index (χ0) is 20.6. The first-order valence-corrected chi connectivity index (χ1v) is 11.0. The minimum absolute atomic E-state index is 0.830.